The molecule has 0 amide bonds. The Morgan fingerprint density at radius 3 is 2.50 bits per heavy atom. The molecule has 1 heterocycles. The molecule has 0 radical (unpaired) electrons. The van der Waals surface area contributed by atoms with Crippen molar-refractivity contribution in [3.05, 3.63) is 35.4 Å². The van der Waals surface area contributed by atoms with E-state index < -0.39 is 17.7 Å². The van der Waals surface area contributed by atoms with Gasteiger partial charge in [-0.05, 0) is 38.0 Å². The van der Waals surface area contributed by atoms with Crippen LogP contribution in [0.3, 0.4) is 0 Å². The fraction of sp³-hybridized carbons (Fsp3) is 0.600. The van der Waals surface area contributed by atoms with Gasteiger partial charge in [0.2, 0.25) is 0 Å². The standard InChI is InChI=1S/C15H21F2NO2/c1-10-8-18(9-11(2)20-10)6-5-15(19)12-3-4-13(16)14(17)7-12/h3-4,7,10-11,15,19H,5-6,8-9H2,1-2H3. The molecule has 0 spiro atoms. The Morgan fingerprint density at radius 2 is 1.90 bits per heavy atom. The number of hydrogen-bond donors (Lipinski definition) is 1. The average Bonchev–Trinajstić information content (AvgIpc) is 2.38. The molecule has 1 aliphatic rings. The van der Waals surface area contributed by atoms with Gasteiger partial charge in [-0.15, -0.1) is 0 Å². The highest BCUT2D eigenvalue weighted by molar-refractivity contribution is 5.20. The van der Waals surface area contributed by atoms with Gasteiger partial charge in [-0.1, -0.05) is 6.07 Å². The summed E-state index contributed by atoms with van der Waals surface area (Å²) in [7, 11) is 0. The molecule has 1 aromatic rings. The van der Waals surface area contributed by atoms with Crippen LogP contribution in [-0.4, -0.2) is 41.8 Å². The molecule has 3 atom stereocenters. The van der Waals surface area contributed by atoms with Gasteiger partial charge in [0.1, 0.15) is 0 Å². The van der Waals surface area contributed by atoms with Crippen LogP contribution in [0.25, 0.3) is 0 Å². The summed E-state index contributed by atoms with van der Waals surface area (Å²) in [5, 5.41) is 10.1. The number of aliphatic hydroxyl groups excluding tert-OH is 1. The van der Waals surface area contributed by atoms with E-state index in [1.165, 1.54) is 6.07 Å². The van der Waals surface area contributed by atoms with Crippen molar-refractivity contribution >= 4 is 0 Å². The van der Waals surface area contributed by atoms with E-state index in [9.17, 15) is 13.9 Å². The number of rotatable bonds is 4. The lowest BCUT2D eigenvalue weighted by atomic mass is 10.1. The molecule has 0 aliphatic carbocycles. The molecule has 5 heteroatoms. The van der Waals surface area contributed by atoms with Crippen molar-refractivity contribution in [1.82, 2.24) is 4.90 Å². The SMILES string of the molecule is CC1CN(CCC(O)c2ccc(F)c(F)c2)CC(C)O1. The summed E-state index contributed by atoms with van der Waals surface area (Å²) >= 11 is 0. The maximum Gasteiger partial charge on any atom is 0.159 e. The molecule has 1 fully saturated rings. The van der Waals surface area contributed by atoms with Gasteiger partial charge in [0.25, 0.3) is 0 Å². The minimum Gasteiger partial charge on any atom is -0.388 e. The predicted octanol–water partition coefficient (Wildman–Crippen LogP) is 2.50. The van der Waals surface area contributed by atoms with Crippen molar-refractivity contribution in [3.63, 3.8) is 0 Å². The Hall–Kier alpha value is -1.04. The summed E-state index contributed by atoms with van der Waals surface area (Å²) < 4.78 is 31.6. The van der Waals surface area contributed by atoms with Gasteiger partial charge in [0.15, 0.2) is 11.6 Å². The minimum atomic E-state index is -0.921. The molecule has 1 aromatic carbocycles. The van der Waals surface area contributed by atoms with Gasteiger partial charge in [-0.3, -0.25) is 4.90 Å². The first-order valence-corrected chi connectivity index (χ1v) is 6.96. The molecule has 2 rings (SSSR count). The lowest BCUT2D eigenvalue weighted by molar-refractivity contribution is -0.0702. The van der Waals surface area contributed by atoms with Crippen molar-refractivity contribution in [3.8, 4) is 0 Å². The van der Waals surface area contributed by atoms with E-state index in [0.717, 1.165) is 25.2 Å². The first-order valence-electron chi connectivity index (χ1n) is 6.96. The quantitative estimate of drug-likeness (QED) is 0.922. The molecular formula is C15H21F2NO2. The van der Waals surface area contributed by atoms with Crippen molar-refractivity contribution < 1.29 is 18.6 Å². The lowest BCUT2D eigenvalue weighted by Crippen LogP contribution is -2.45. The summed E-state index contributed by atoms with van der Waals surface area (Å²) in [6.45, 7) is 6.41. The van der Waals surface area contributed by atoms with Crippen molar-refractivity contribution in [2.24, 2.45) is 0 Å². The van der Waals surface area contributed by atoms with Crippen LogP contribution in [0.4, 0.5) is 8.78 Å². The third-order valence-electron chi connectivity index (χ3n) is 3.54. The first-order chi connectivity index (χ1) is 9.45. The Bertz CT molecular complexity index is 445. The number of benzene rings is 1. The van der Waals surface area contributed by atoms with Crippen molar-refractivity contribution in [2.75, 3.05) is 19.6 Å². The van der Waals surface area contributed by atoms with Crippen molar-refractivity contribution in [2.45, 2.75) is 38.6 Å². The molecule has 0 aromatic heterocycles. The molecule has 3 unspecified atom stereocenters. The monoisotopic (exact) mass is 285 g/mol. The zero-order valence-electron chi connectivity index (χ0n) is 11.9. The highest BCUT2D eigenvalue weighted by Crippen LogP contribution is 2.20. The largest absolute Gasteiger partial charge is 0.388 e. The van der Waals surface area contributed by atoms with Crippen LogP contribution in [0.2, 0.25) is 0 Å². The van der Waals surface area contributed by atoms with Crippen LogP contribution in [0.1, 0.15) is 31.9 Å². The number of morpholine rings is 1. The molecule has 20 heavy (non-hydrogen) atoms. The highest BCUT2D eigenvalue weighted by Gasteiger charge is 2.22. The summed E-state index contributed by atoms with van der Waals surface area (Å²) in [5.41, 5.74) is 0.415. The van der Waals surface area contributed by atoms with E-state index in [4.69, 9.17) is 4.74 Å². The summed E-state index contributed by atoms with van der Waals surface area (Å²) in [4.78, 5) is 2.22. The lowest BCUT2D eigenvalue weighted by Gasteiger charge is -2.35. The zero-order chi connectivity index (χ0) is 14.7. The van der Waals surface area contributed by atoms with Crippen LogP contribution in [0.15, 0.2) is 18.2 Å². The van der Waals surface area contributed by atoms with Gasteiger partial charge in [-0.2, -0.15) is 0 Å². The normalized spacial score (nSPS) is 25.6. The fourth-order valence-corrected chi connectivity index (χ4v) is 2.66. The van der Waals surface area contributed by atoms with Crippen LogP contribution in [-0.2, 0) is 4.74 Å². The van der Waals surface area contributed by atoms with Crippen LogP contribution in [0, 0.1) is 11.6 Å². The molecule has 1 N–H and O–H groups in total. The average molecular weight is 285 g/mol. The van der Waals surface area contributed by atoms with Gasteiger partial charge in [0, 0.05) is 19.6 Å². The van der Waals surface area contributed by atoms with E-state index in [2.05, 4.69) is 4.90 Å². The van der Waals surface area contributed by atoms with E-state index in [-0.39, 0.29) is 12.2 Å². The number of ether oxygens (including phenoxy) is 1. The number of nitrogens with zero attached hydrogens (tertiary/aromatic N) is 1. The van der Waals surface area contributed by atoms with Crippen molar-refractivity contribution in [1.29, 1.82) is 0 Å². The van der Waals surface area contributed by atoms with E-state index in [1.807, 2.05) is 13.8 Å². The number of hydrogen-bond acceptors (Lipinski definition) is 3. The molecule has 112 valence electrons. The third-order valence-corrected chi connectivity index (χ3v) is 3.54. The number of halogens is 2. The second-order valence-electron chi connectivity index (χ2n) is 5.49. The van der Waals surface area contributed by atoms with Gasteiger partial charge in [0.05, 0.1) is 18.3 Å². The second-order valence-corrected chi connectivity index (χ2v) is 5.49. The maximum absolute atomic E-state index is 13.1. The minimum absolute atomic E-state index is 0.180. The third kappa shape index (κ3) is 3.98. The molecule has 0 bridgehead atoms. The van der Waals surface area contributed by atoms with Crippen LogP contribution < -0.4 is 0 Å². The molecule has 3 nitrogen and oxygen atoms in total. The molecular weight excluding hydrogens is 264 g/mol. The van der Waals surface area contributed by atoms with Gasteiger partial charge >= 0.3 is 0 Å². The molecule has 0 saturated carbocycles. The zero-order valence-corrected chi connectivity index (χ0v) is 11.9. The summed E-state index contributed by atoms with van der Waals surface area (Å²) in [6, 6.07) is 3.53. The molecule has 1 saturated heterocycles. The van der Waals surface area contributed by atoms with Crippen LogP contribution in [0.5, 0.6) is 0 Å². The topological polar surface area (TPSA) is 32.7 Å². The highest BCUT2D eigenvalue weighted by atomic mass is 19.2. The first kappa shape index (κ1) is 15.4. The van der Waals surface area contributed by atoms with Gasteiger partial charge < -0.3 is 9.84 Å². The van der Waals surface area contributed by atoms with Crippen LogP contribution >= 0.6 is 0 Å². The Labute approximate surface area is 118 Å². The Morgan fingerprint density at radius 1 is 1.25 bits per heavy atom. The summed E-state index contributed by atoms with van der Waals surface area (Å²) in [5.74, 6) is -1.81. The number of aliphatic hydroxyl groups is 1. The Balaban J connectivity index is 1.88. The molecule has 1 aliphatic heterocycles. The smallest absolute Gasteiger partial charge is 0.159 e. The van der Waals surface area contributed by atoms with E-state index in [0.29, 0.717) is 18.5 Å². The Kier molecular flexibility index (Phi) is 5.07. The van der Waals surface area contributed by atoms with Gasteiger partial charge in [-0.25, -0.2) is 8.78 Å². The van der Waals surface area contributed by atoms with E-state index >= 15 is 0 Å². The second kappa shape index (κ2) is 6.61. The fourth-order valence-electron chi connectivity index (χ4n) is 2.66. The summed E-state index contributed by atoms with van der Waals surface area (Å²) in [6.07, 6.45) is 0.0710. The maximum atomic E-state index is 13.1. The van der Waals surface area contributed by atoms with E-state index in [1.54, 1.807) is 0 Å². The predicted molar refractivity (Wildman–Crippen MR) is 72.4 cm³/mol.